The lowest BCUT2D eigenvalue weighted by Crippen LogP contribution is -2.40. The summed E-state index contributed by atoms with van der Waals surface area (Å²) in [5, 5.41) is 3.50. The van der Waals surface area contributed by atoms with Gasteiger partial charge in [0.05, 0.1) is 6.54 Å². The van der Waals surface area contributed by atoms with Gasteiger partial charge in [0.1, 0.15) is 11.1 Å². The van der Waals surface area contributed by atoms with Gasteiger partial charge in [0.25, 0.3) is 5.91 Å². The molecule has 3 aromatic rings. The molecule has 1 fully saturated rings. The lowest BCUT2D eigenvalue weighted by molar-refractivity contribution is -0.131. The average molecular weight is 376 g/mol. The molecule has 1 N–H and O–H groups in total. The SMILES string of the molecule is Cc1ccc2c(CN3C(=O)NC(C)(c4ccccc4)C3=O)cc(=O)oc2c1C. The maximum absolute atomic E-state index is 13.1. The fourth-order valence-corrected chi connectivity index (χ4v) is 3.63. The summed E-state index contributed by atoms with van der Waals surface area (Å²) in [6, 6.07) is 13.8. The van der Waals surface area contributed by atoms with Gasteiger partial charge in [-0.2, -0.15) is 0 Å². The third kappa shape index (κ3) is 2.69. The number of nitrogens with zero attached hydrogens (tertiary/aromatic N) is 1. The molecule has 2 aromatic carbocycles. The van der Waals surface area contributed by atoms with Crippen molar-refractivity contribution in [3.8, 4) is 0 Å². The highest BCUT2D eigenvalue weighted by molar-refractivity contribution is 6.07. The zero-order chi connectivity index (χ0) is 20.1. The Morgan fingerprint density at radius 3 is 2.46 bits per heavy atom. The first kappa shape index (κ1) is 18.0. The fourth-order valence-electron chi connectivity index (χ4n) is 3.63. The van der Waals surface area contributed by atoms with Crippen molar-refractivity contribution >= 4 is 22.9 Å². The van der Waals surface area contributed by atoms with Crippen LogP contribution < -0.4 is 10.9 Å². The number of rotatable bonds is 3. The summed E-state index contributed by atoms with van der Waals surface area (Å²) in [7, 11) is 0. The first-order valence-corrected chi connectivity index (χ1v) is 9.04. The predicted molar refractivity (Wildman–Crippen MR) is 105 cm³/mol. The quantitative estimate of drug-likeness (QED) is 0.561. The normalized spacial score (nSPS) is 19.3. The number of urea groups is 1. The van der Waals surface area contributed by atoms with Gasteiger partial charge in [0.15, 0.2) is 0 Å². The molecule has 0 bridgehead atoms. The zero-order valence-electron chi connectivity index (χ0n) is 15.9. The van der Waals surface area contributed by atoms with Crippen LogP contribution in [0.4, 0.5) is 4.79 Å². The van der Waals surface area contributed by atoms with E-state index >= 15 is 0 Å². The van der Waals surface area contributed by atoms with Crippen LogP contribution in [0.2, 0.25) is 0 Å². The van der Waals surface area contributed by atoms with Crippen molar-refractivity contribution in [2.75, 3.05) is 0 Å². The summed E-state index contributed by atoms with van der Waals surface area (Å²) < 4.78 is 5.38. The second-order valence-corrected chi connectivity index (χ2v) is 7.29. The van der Waals surface area contributed by atoms with Gasteiger partial charge >= 0.3 is 11.7 Å². The summed E-state index contributed by atoms with van der Waals surface area (Å²) in [6.07, 6.45) is 0. The molecule has 0 saturated carbocycles. The standard InChI is InChI=1S/C22H20N2O4/c1-13-9-10-17-15(11-18(25)28-19(17)14(13)2)12-24-20(26)22(3,23-21(24)27)16-7-5-4-6-8-16/h4-11H,12H2,1-3H3,(H,23,27). The molecule has 1 aliphatic heterocycles. The molecule has 4 rings (SSSR count). The third-order valence-corrected chi connectivity index (χ3v) is 5.47. The Bertz CT molecular complexity index is 1170. The van der Waals surface area contributed by atoms with Gasteiger partial charge in [-0.1, -0.05) is 42.5 Å². The van der Waals surface area contributed by atoms with E-state index in [4.69, 9.17) is 4.42 Å². The maximum atomic E-state index is 13.1. The summed E-state index contributed by atoms with van der Waals surface area (Å²) in [5.41, 5.74) is 1.99. The van der Waals surface area contributed by atoms with Crippen LogP contribution in [0.5, 0.6) is 0 Å². The Kier molecular flexibility index (Phi) is 4.07. The van der Waals surface area contributed by atoms with E-state index in [1.165, 1.54) is 6.07 Å². The highest BCUT2D eigenvalue weighted by Crippen LogP contribution is 2.31. The van der Waals surface area contributed by atoms with Crippen molar-refractivity contribution in [1.82, 2.24) is 10.2 Å². The topological polar surface area (TPSA) is 79.6 Å². The van der Waals surface area contributed by atoms with Gasteiger partial charge in [0.2, 0.25) is 0 Å². The van der Waals surface area contributed by atoms with Crippen LogP contribution in [0.25, 0.3) is 11.0 Å². The molecule has 6 heteroatoms. The highest BCUT2D eigenvalue weighted by atomic mass is 16.4. The van der Waals surface area contributed by atoms with Gasteiger partial charge in [-0.25, -0.2) is 9.59 Å². The van der Waals surface area contributed by atoms with E-state index in [2.05, 4.69) is 5.32 Å². The van der Waals surface area contributed by atoms with E-state index in [9.17, 15) is 14.4 Å². The molecule has 1 aromatic heterocycles. The van der Waals surface area contributed by atoms with Crippen molar-refractivity contribution in [3.63, 3.8) is 0 Å². The number of aryl methyl sites for hydroxylation is 2. The number of benzene rings is 2. The number of imide groups is 1. The molecule has 1 aliphatic rings. The van der Waals surface area contributed by atoms with Crippen LogP contribution in [0.1, 0.15) is 29.2 Å². The number of hydrogen-bond acceptors (Lipinski definition) is 4. The van der Waals surface area contributed by atoms with Crippen LogP contribution >= 0.6 is 0 Å². The van der Waals surface area contributed by atoms with Crippen molar-refractivity contribution in [2.24, 2.45) is 0 Å². The number of carbonyl (C=O) groups is 2. The molecule has 0 radical (unpaired) electrons. The molecule has 28 heavy (non-hydrogen) atoms. The van der Waals surface area contributed by atoms with Crippen LogP contribution in [0.15, 0.2) is 57.7 Å². The molecule has 142 valence electrons. The molecule has 6 nitrogen and oxygen atoms in total. The van der Waals surface area contributed by atoms with Gasteiger partial charge < -0.3 is 9.73 Å². The van der Waals surface area contributed by atoms with E-state index in [0.717, 1.165) is 21.4 Å². The predicted octanol–water partition coefficient (Wildman–Crippen LogP) is 3.38. The average Bonchev–Trinajstić information content (AvgIpc) is 2.90. The van der Waals surface area contributed by atoms with Crippen molar-refractivity contribution < 1.29 is 14.0 Å². The van der Waals surface area contributed by atoms with Crippen LogP contribution in [0, 0.1) is 13.8 Å². The Labute approximate surface area is 161 Å². The highest BCUT2D eigenvalue weighted by Gasteiger charge is 2.48. The number of amides is 3. The number of nitrogens with one attached hydrogen (secondary N) is 1. The van der Waals surface area contributed by atoms with Gasteiger partial charge in [0, 0.05) is 11.5 Å². The molecule has 0 aliphatic carbocycles. The van der Waals surface area contributed by atoms with E-state index in [1.54, 1.807) is 19.1 Å². The largest absolute Gasteiger partial charge is 0.422 e. The molecule has 1 atom stereocenters. The summed E-state index contributed by atoms with van der Waals surface area (Å²) in [4.78, 5) is 39.0. The maximum Gasteiger partial charge on any atom is 0.336 e. The minimum absolute atomic E-state index is 0.00229. The number of carbonyl (C=O) groups excluding carboxylic acids is 2. The third-order valence-electron chi connectivity index (χ3n) is 5.47. The summed E-state index contributed by atoms with van der Waals surface area (Å²) in [6.45, 7) is 5.50. The first-order valence-electron chi connectivity index (χ1n) is 9.04. The van der Waals surface area contributed by atoms with Crippen molar-refractivity contribution in [2.45, 2.75) is 32.9 Å². The Morgan fingerprint density at radius 2 is 1.75 bits per heavy atom. The smallest absolute Gasteiger partial charge is 0.336 e. The zero-order valence-corrected chi connectivity index (χ0v) is 15.9. The first-order chi connectivity index (χ1) is 13.3. The van der Waals surface area contributed by atoms with Gasteiger partial charge in [-0.3, -0.25) is 9.69 Å². The molecular formula is C22H20N2O4. The number of fused-ring (bicyclic) bond motifs is 1. The van der Waals surface area contributed by atoms with E-state index in [0.29, 0.717) is 16.7 Å². The Balaban J connectivity index is 1.76. The van der Waals surface area contributed by atoms with Crippen LogP contribution in [-0.4, -0.2) is 16.8 Å². The van der Waals surface area contributed by atoms with Crippen LogP contribution in [0.3, 0.4) is 0 Å². The van der Waals surface area contributed by atoms with Gasteiger partial charge in [-0.15, -0.1) is 0 Å². The second-order valence-electron chi connectivity index (χ2n) is 7.29. The molecule has 1 unspecified atom stereocenters. The molecule has 2 heterocycles. The van der Waals surface area contributed by atoms with Crippen LogP contribution in [-0.2, 0) is 16.9 Å². The van der Waals surface area contributed by atoms with Crippen molar-refractivity contribution in [1.29, 1.82) is 0 Å². The summed E-state index contributed by atoms with van der Waals surface area (Å²) >= 11 is 0. The Morgan fingerprint density at radius 1 is 1.04 bits per heavy atom. The lowest BCUT2D eigenvalue weighted by Gasteiger charge is -2.22. The number of hydrogen-bond donors (Lipinski definition) is 1. The molecule has 1 saturated heterocycles. The monoisotopic (exact) mass is 376 g/mol. The lowest BCUT2D eigenvalue weighted by atomic mass is 9.92. The minimum atomic E-state index is -1.14. The van der Waals surface area contributed by atoms with E-state index in [-0.39, 0.29) is 12.5 Å². The van der Waals surface area contributed by atoms with E-state index < -0.39 is 17.2 Å². The molecule has 0 spiro atoms. The minimum Gasteiger partial charge on any atom is -0.422 e. The summed E-state index contributed by atoms with van der Waals surface area (Å²) in [5.74, 6) is -0.353. The molecular weight excluding hydrogens is 356 g/mol. The second kappa shape index (κ2) is 6.34. The van der Waals surface area contributed by atoms with Crippen molar-refractivity contribution in [3.05, 3.63) is 81.2 Å². The Hall–Kier alpha value is -3.41. The molecule has 3 amide bonds. The fraction of sp³-hybridized carbons (Fsp3) is 0.227. The van der Waals surface area contributed by atoms with Gasteiger partial charge in [-0.05, 0) is 43.0 Å². The van der Waals surface area contributed by atoms with E-state index in [1.807, 2.05) is 44.2 Å².